The summed E-state index contributed by atoms with van der Waals surface area (Å²) < 4.78 is 5.56. The Morgan fingerprint density at radius 1 is 1.06 bits per heavy atom. The Morgan fingerprint density at radius 3 is 2.29 bits per heavy atom. The molecule has 1 aliphatic carbocycles. The molecule has 180 valence electrons. The second-order valence-corrected chi connectivity index (χ2v) is 9.45. The fourth-order valence-electron chi connectivity index (χ4n) is 5.27. The number of hydrogen-bond acceptors (Lipinski definition) is 4. The van der Waals surface area contributed by atoms with Crippen molar-refractivity contribution < 1.29 is 24.2 Å². The molecule has 0 aromatic heterocycles. The molecule has 7 nitrogen and oxygen atoms in total. The lowest BCUT2D eigenvalue weighted by Crippen LogP contribution is -2.50. The van der Waals surface area contributed by atoms with Crippen molar-refractivity contribution in [2.45, 2.75) is 45.1 Å². The van der Waals surface area contributed by atoms with Crippen LogP contribution in [0.5, 0.6) is 0 Å². The molecule has 2 unspecified atom stereocenters. The van der Waals surface area contributed by atoms with Crippen LogP contribution in [0.25, 0.3) is 11.1 Å². The number of likely N-dealkylation sites (tertiary alicyclic amines) is 1. The number of carboxylic acids is 1. The van der Waals surface area contributed by atoms with Gasteiger partial charge in [0.15, 0.2) is 0 Å². The first kappa shape index (κ1) is 23.8. The van der Waals surface area contributed by atoms with Crippen LogP contribution < -0.4 is 5.32 Å². The summed E-state index contributed by atoms with van der Waals surface area (Å²) in [4.78, 5) is 38.3. The van der Waals surface area contributed by atoms with Crippen molar-refractivity contribution in [1.29, 1.82) is 0 Å². The summed E-state index contributed by atoms with van der Waals surface area (Å²) in [5.74, 6) is -0.876. The highest BCUT2D eigenvalue weighted by atomic mass is 16.5. The third kappa shape index (κ3) is 5.08. The summed E-state index contributed by atoms with van der Waals surface area (Å²) in [7, 11) is 0. The molecule has 0 saturated carbocycles. The van der Waals surface area contributed by atoms with Crippen LogP contribution in [0.2, 0.25) is 0 Å². The number of aliphatic carboxylic acids is 1. The van der Waals surface area contributed by atoms with Gasteiger partial charge in [0, 0.05) is 25.4 Å². The van der Waals surface area contributed by atoms with Crippen molar-refractivity contribution in [1.82, 2.24) is 10.2 Å². The van der Waals surface area contributed by atoms with Gasteiger partial charge in [-0.1, -0.05) is 55.5 Å². The molecule has 34 heavy (non-hydrogen) atoms. The summed E-state index contributed by atoms with van der Waals surface area (Å²) in [6.07, 6.45) is 1.22. The van der Waals surface area contributed by atoms with E-state index in [4.69, 9.17) is 9.84 Å². The zero-order valence-corrected chi connectivity index (χ0v) is 19.7. The van der Waals surface area contributed by atoms with Gasteiger partial charge in [0.2, 0.25) is 5.91 Å². The van der Waals surface area contributed by atoms with Crippen LogP contribution >= 0.6 is 0 Å². The molecule has 1 heterocycles. The van der Waals surface area contributed by atoms with E-state index in [1.165, 1.54) is 0 Å². The average Bonchev–Trinajstić information content (AvgIpc) is 3.15. The van der Waals surface area contributed by atoms with Gasteiger partial charge in [0.05, 0.1) is 0 Å². The van der Waals surface area contributed by atoms with Crippen molar-refractivity contribution >= 4 is 18.0 Å². The zero-order valence-electron chi connectivity index (χ0n) is 19.7. The SMILES string of the molecule is CC(CC(=O)O)C1CCCN(C(=O)[C@@H](C)NC(=O)OCC2c3ccccc3-c3ccccc32)C1. The zero-order chi connectivity index (χ0) is 24.2. The third-order valence-corrected chi connectivity index (χ3v) is 7.12. The first-order chi connectivity index (χ1) is 16.3. The maximum Gasteiger partial charge on any atom is 0.407 e. The van der Waals surface area contributed by atoms with E-state index in [0.717, 1.165) is 35.1 Å². The monoisotopic (exact) mass is 464 g/mol. The summed E-state index contributed by atoms with van der Waals surface area (Å²) in [5.41, 5.74) is 4.59. The molecule has 1 fully saturated rings. The van der Waals surface area contributed by atoms with E-state index in [0.29, 0.717) is 13.1 Å². The number of benzene rings is 2. The van der Waals surface area contributed by atoms with Gasteiger partial charge in [-0.15, -0.1) is 0 Å². The standard InChI is InChI=1S/C27H32N2O5/c1-17(14-25(30)31)19-8-7-13-29(15-19)26(32)18(2)28-27(33)34-16-24-22-11-5-3-9-20(22)21-10-4-6-12-23(21)24/h3-6,9-12,17-19,24H,7-8,13-16H2,1-2H3,(H,28,33)(H,30,31)/t17?,18-,19?/m1/s1. The largest absolute Gasteiger partial charge is 0.481 e. The number of piperidine rings is 1. The third-order valence-electron chi connectivity index (χ3n) is 7.12. The minimum atomic E-state index is -0.818. The maximum atomic E-state index is 13.0. The molecule has 0 radical (unpaired) electrons. The quantitative estimate of drug-likeness (QED) is 0.638. The molecular weight excluding hydrogens is 432 g/mol. The van der Waals surface area contributed by atoms with E-state index in [-0.39, 0.29) is 36.7 Å². The van der Waals surface area contributed by atoms with Crippen LogP contribution in [0.3, 0.4) is 0 Å². The van der Waals surface area contributed by atoms with E-state index in [2.05, 4.69) is 29.6 Å². The molecule has 2 aliphatic rings. The number of amides is 2. The number of ether oxygens (including phenoxy) is 1. The van der Waals surface area contributed by atoms with Crippen LogP contribution in [0.15, 0.2) is 48.5 Å². The lowest BCUT2D eigenvalue weighted by atomic mass is 9.84. The Bertz CT molecular complexity index is 1020. The van der Waals surface area contributed by atoms with Gasteiger partial charge in [-0.2, -0.15) is 0 Å². The molecule has 2 aromatic rings. The predicted octanol–water partition coefficient (Wildman–Crippen LogP) is 4.26. The molecular formula is C27H32N2O5. The fourth-order valence-corrected chi connectivity index (χ4v) is 5.27. The number of carbonyl (C=O) groups is 3. The van der Waals surface area contributed by atoms with E-state index in [1.54, 1.807) is 11.8 Å². The highest BCUT2D eigenvalue weighted by Crippen LogP contribution is 2.44. The van der Waals surface area contributed by atoms with E-state index in [1.807, 2.05) is 31.2 Å². The van der Waals surface area contributed by atoms with Crippen LogP contribution in [0.4, 0.5) is 4.79 Å². The predicted molar refractivity (Wildman–Crippen MR) is 128 cm³/mol. The molecule has 2 amide bonds. The molecule has 0 bridgehead atoms. The fraction of sp³-hybridized carbons (Fsp3) is 0.444. The van der Waals surface area contributed by atoms with Gasteiger partial charge < -0.3 is 20.1 Å². The van der Waals surface area contributed by atoms with Gasteiger partial charge >= 0.3 is 12.1 Å². The molecule has 0 spiro atoms. The first-order valence-corrected chi connectivity index (χ1v) is 12.0. The van der Waals surface area contributed by atoms with Gasteiger partial charge in [-0.25, -0.2) is 4.79 Å². The minimum absolute atomic E-state index is 0.00139. The summed E-state index contributed by atoms with van der Waals surface area (Å²) >= 11 is 0. The van der Waals surface area contributed by atoms with Crippen molar-refractivity contribution in [2.75, 3.05) is 19.7 Å². The first-order valence-electron chi connectivity index (χ1n) is 12.0. The Kier molecular flexibility index (Phi) is 7.20. The molecule has 1 saturated heterocycles. The minimum Gasteiger partial charge on any atom is -0.481 e. The number of nitrogens with zero attached hydrogens (tertiary/aromatic N) is 1. The molecule has 4 rings (SSSR count). The molecule has 3 atom stereocenters. The van der Waals surface area contributed by atoms with E-state index in [9.17, 15) is 14.4 Å². The second kappa shape index (κ2) is 10.3. The summed E-state index contributed by atoms with van der Waals surface area (Å²) in [5, 5.41) is 11.8. The summed E-state index contributed by atoms with van der Waals surface area (Å²) in [6.45, 7) is 4.91. The summed E-state index contributed by atoms with van der Waals surface area (Å²) in [6, 6.07) is 15.6. The van der Waals surface area contributed by atoms with Crippen LogP contribution in [0.1, 0.15) is 50.2 Å². The molecule has 7 heteroatoms. The van der Waals surface area contributed by atoms with Crippen molar-refractivity contribution in [2.24, 2.45) is 11.8 Å². The Labute approximate surface area is 200 Å². The van der Waals surface area contributed by atoms with Crippen molar-refractivity contribution in [3.63, 3.8) is 0 Å². The highest BCUT2D eigenvalue weighted by molar-refractivity contribution is 5.85. The molecule has 2 aromatic carbocycles. The number of rotatable bonds is 7. The van der Waals surface area contributed by atoms with E-state index >= 15 is 0 Å². The number of hydrogen-bond donors (Lipinski definition) is 2. The second-order valence-electron chi connectivity index (χ2n) is 9.45. The molecule has 1 aliphatic heterocycles. The van der Waals surface area contributed by atoms with Crippen molar-refractivity contribution in [3.8, 4) is 11.1 Å². The number of alkyl carbamates (subject to hydrolysis) is 1. The normalized spacial score (nSPS) is 19.0. The number of nitrogens with one attached hydrogen (secondary N) is 1. The maximum absolute atomic E-state index is 13.0. The number of carboxylic acid groups (broad SMARTS) is 1. The van der Waals surface area contributed by atoms with E-state index < -0.39 is 18.1 Å². The van der Waals surface area contributed by atoms with Crippen LogP contribution in [-0.2, 0) is 14.3 Å². The average molecular weight is 465 g/mol. The van der Waals surface area contributed by atoms with Crippen molar-refractivity contribution in [3.05, 3.63) is 59.7 Å². The van der Waals surface area contributed by atoms with Gasteiger partial charge in [-0.05, 0) is 53.9 Å². The Hall–Kier alpha value is -3.35. The molecule has 2 N–H and O–H groups in total. The van der Waals surface area contributed by atoms with Gasteiger partial charge in [0.1, 0.15) is 12.6 Å². The van der Waals surface area contributed by atoms with Gasteiger partial charge in [-0.3, -0.25) is 9.59 Å². The Morgan fingerprint density at radius 2 is 1.68 bits per heavy atom. The number of fused-ring (bicyclic) bond motifs is 3. The Balaban J connectivity index is 1.32. The highest BCUT2D eigenvalue weighted by Gasteiger charge is 2.32. The van der Waals surface area contributed by atoms with Crippen LogP contribution in [-0.4, -0.2) is 53.7 Å². The lowest BCUT2D eigenvalue weighted by Gasteiger charge is -2.36. The topological polar surface area (TPSA) is 95.9 Å². The van der Waals surface area contributed by atoms with Crippen LogP contribution in [0, 0.1) is 11.8 Å². The van der Waals surface area contributed by atoms with Gasteiger partial charge in [0.25, 0.3) is 0 Å². The number of carbonyl (C=O) groups excluding carboxylic acids is 2. The smallest absolute Gasteiger partial charge is 0.407 e. The lowest BCUT2D eigenvalue weighted by molar-refractivity contribution is -0.139.